The van der Waals surface area contributed by atoms with E-state index in [-0.39, 0.29) is 24.8 Å². The molecule has 1 N–H and O–H groups in total. The zero-order chi connectivity index (χ0) is 18.8. The van der Waals surface area contributed by atoms with E-state index in [0.29, 0.717) is 22.0 Å². The third-order valence-electron chi connectivity index (χ3n) is 4.39. The van der Waals surface area contributed by atoms with Gasteiger partial charge in [-0.2, -0.15) is 5.26 Å². The molecule has 1 aliphatic rings. The van der Waals surface area contributed by atoms with Gasteiger partial charge in [0.25, 0.3) is 5.91 Å². The number of aryl methyl sites for hydroxylation is 1. The lowest BCUT2D eigenvalue weighted by Crippen LogP contribution is -2.45. The van der Waals surface area contributed by atoms with Gasteiger partial charge in [0, 0.05) is 17.8 Å². The second-order valence-electron chi connectivity index (χ2n) is 6.12. The van der Waals surface area contributed by atoms with Crippen LogP contribution in [0.5, 0.6) is 5.75 Å². The zero-order valence-corrected chi connectivity index (χ0v) is 15.6. The molecule has 0 aliphatic carbocycles. The van der Waals surface area contributed by atoms with Crippen LogP contribution in [0.3, 0.4) is 0 Å². The summed E-state index contributed by atoms with van der Waals surface area (Å²) >= 11 is 1.39. The van der Waals surface area contributed by atoms with E-state index in [2.05, 4.69) is 11.4 Å². The van der Waals surface area contributed by atoms with Crippen molar-refractivity contribution in [1.29, 1.82) is 5.26 Å². The Bertz CT molecular complexity index is 913. The number of ether oxygens (including phenoxy) is 1. The van der Waals surface area contributed by atoms with Crippen LogP contribution in [-0.4, -0.2) is 24.5 Å². The summed E-state index contributed by atoms with van der Waals surface area (Å²) in [6.07, 6.45) is -0.450. The number of thiophene rings is 1. The molecule has 7 heteroatoms. The zero-order valence-electron chi connectivity index (χ0n) is 14.8. The number of hydrogen-bond donors (Lipinski definition) is 1. The van der Waals surface area contributed by atoms with Crippen LogP contribution in [0.2, 0.25) is 0 Å². The lowest BCUT2D eigenvalue weighted by Gasteiger charge is -2.32. The molecule has 6 nitrogen and oxygen atoms in total. The Labute approximate surface area is 156 Å². The molecule has 2 heterocycles. The summed E-state index contributed by atoms with van der Waals surface area (Å²) in [5, 5.41) is 12.6. The third-order valence-corrected chi connectivity index (χ3v) is 5.51. The topological polar surface area (TPSA) is 82.4 Å². The van der Waals surface area contributed by atoms with Crippen LogP contribution in [0, 0.1) is 25.2 Å². The fraction of sp³-hybridized carbons (Fsp3) is 0.316. The van der Waals surface area contributed by atoms with Crippen LogP contribution in [-0.2, 0) is 9.59 Å². The molecule has 0 fully saturated rings. The number of para-hydroxylation sites is 2. The number of nitriles is 1. The lowest BCUT2D eigenvalue weighted by atomic mass is 10.1. The first-order chi connectivity index (χ1) is 12.4. The maximum atomic E-state index is 12.4. The second kappa shape index (κ2) is 7.18. The van der Waals surface area contributed by atoms with Crippen LogP contribution in [0.1, 0.15) is 29.3 Å². The quantitative estimate of drug-likeness (QED) is 0.896. The highest BCUT2D eigenvalue weighted by Crippen LogP contribution is 2.34. The fourth-order valence-electron chi connectivity index (χ4n) is 2.84. The maximum absolute atomic E-state index is 12.4. The van der Waals surface area contributed by atoms with Crippen molar-refractivity contribution in [1.82, 2.24) is 0 Å². The minimum absolute atomic E-state index is 0.133. The van der Waals surface area contributed by atoms with Gasteiger partial charge in [0.15, 0.2) is 6.10 Å². The number of fused-ring (bicyclic) bond motifs is 1. The van der Waals surface area contributed by atoms with Gasteiger partial charge in [-0.05, 0) is 38.5 Å². The van der Waals surface area contributed by atoms with Crippen molar-refractivity contribution in [2.75, 3.05) is 16.8 Å². The molecule has 2 amide bonds. The average molecular weight is 369 g/mol. The Hall–Kier alpha value is -2.85. The second-order valence-corrected chi connectivity index (χ2v) is 7.34. The largest absolute Gasteiger partial charge is 0.479 e. The smallest absolute Gasteiger partial charge is 0.267 e. The van der Waals surface area contributed by atoms with E-state index in [1.165, 1.54) is 11.3 Å². The van der Waals surface area contributed by atoms with Gasteiger partial charge < -0.3 is 15.0 Å². The van der Waals surface area contributed by atoms with Crippen molar-refractivity contribution in [3.63, 3.8) is 0 Å². The molecule has 0 radical (unpaired) electrons. The van der Waals surface area contributed by atoms with E-state index in [4.69, 9.17) is 4.74 Å². The molecule has 1 aliphatic heterocycles. The number of benzene rings is 1. The minimum Gasteiger partial charge on any atom is -0.479 e. The molecule has 1 atom stereocenters. The predicted molar refractivity (Wildman–Crippen MR) is 101 cm³/mol. The van der Waals surface area contributed by atoms with Crippen LogP contribution >= 0.6 is 11.3 Å². The average Bonchev–Trinajstić information content (AvgIpc) is 2.88. The van der Waals surface area contributed by atoms with E-state index >= 15 is 0 Å². The molecule has 0 saturated carbocycles. The van der Waals surface area contributed by atoms with Crippen molar-refractivity contribution in [3.05, 3.63) is 40.3 Å². The molecule has 0 bridgehead atoms. The van der Waals surface area contributed by atoms with Gasteiger partial charge in [-0.15, -0.1) is 11.3 Å². The number of rotatable bonds is 4. The summed E-state index contributed by atoms with van der Waals surface area (Å²) in [6, 6.07) is 9.42. The van der Waals surface area contributed by atoms with E-state index in [1.807, 2.05) is 32.0 Å². The Kier molecular flexibility index (Phi) is 4.96. The molecule has 1 aromatic carbocycles. The molecule has 0 saturated heterocycles. The summed E-state index contributed by atoms with van der Waals surface area (Å²) in [7, 11) is 0. The van der Waals surface area contributed by atoms with Crippen molar-refractivity contribution < 1.29 is 14.3 Å². The Morgan fingerprint density at radius 1 is 1.38 bits per heavy atom. The van der Waals surface area contributed by atoms with Crippen LogP contribution in [0.15, 0.2) is 24.3 Å². The third kappa shape index (κ3) is 3.28. The van der Waals surface area contributed by atoms with Gasteiger partial charge >= 0.3 is 0 Å². The van der Waals surface area contributed by atoms with Gasteiger partial charge in [0.2, 0.25) is 5.91 Å². The van der Waals surface area contributed by atoms with Gasteiger partial charge in [0.1, 0.15) is 16.8 Å². The Morgan fingerprint density at radius 2 is 2.12 bits per heavy atom. The molecular weight excluding hydrogens is 350 g/mol. The van der Waals surface area contributed by atoms with Gasteiger partial charge in [-0.3, -0.25) is 9.59 Å². The fourth-order valence-corrected chi connectivity index (χ4v) is 3.87. The van der Waals surface area contributed by atoms with Gasteiger partial charge in [0.05, 0.1) is 11.3 Å². The van der Waals surface area contributed by atoms with E-state index in [1.54, 1.807) is 17.9 Å². The van der Waals surface area contributed by atoms with Crippen LogP contribution in [0.25, 0.3) is 0 Å². The summed E-state index contributed by atoms with van der Waals surface area (Å²) in [6.45, 7) is 5.73. The van der Waals surface area contributed by atoms with E-state index in [0.717, 1.165) is 10.4 Å². The number of hydrogen-bond acceptors (Lipinski definition) is 5. The highest BCUT2D eigenvalue weighted by molar-refractivity contribution is 7.16. The summed E-state index contributed by atoms with van der Waals surface area (Å²) < 4.78 is 5.60. The lowest BCUT2D eigenvalue weighted by molar-refractivity contribution is -0.125. The molecule has 2 aromatic rings. The maximum Gasteiger partial charge on any atom is 0.267 e. The van der Waals surface area contributed by atoms with E-state index < -0.39 is 6.10 Å². The van der Waals surface area contributed by atoms with Crippen LogP contribution in [0.4, 0.5) is 10.7 Å². The summed E-state index contributed by atoms with van der Waals surface area (Å²) in [5.74, 6) is 0.237. The van der Waals surface area contributed by atoms with Crippen molar-refractivity contribution in [3.8, 4) is 11.8 Å². The molecule has 0 spiro atoms. The Balaban J connectivity index is 1.71. The molecule has 0 unspecified atom stereocenters. The molecule has 3 rings (SSSR count). The number of nitrogens with one attached hydrogen (secondary N) is 1. The molecular formula is C19H19N3O3S. The minimum atomic E-state index is -0.583. The molecule has 26 heavy (non-hydrogen) atoms. The SMILES string of the molecule is Cc1sc(NC(=O)CCN2C(=O)[C@H](C)Oc3ccccc32)c(C#N)c1C. The predicted octanol–water partition coefficient (Wildman–Crippen LogP) is 3.38. The first kappa shape index (κ1) is 18.0. The highest BCUT2D eigenvalue weighted by atomic mass is 32.1. The van der Waals surface area contributed by atoms with E-state index in [9.17, 15) is 14.9 Å². The van der Waals surface area contributed by atoms with Gasteiger partial charge in [-0.1, -0.05) is 12.1 Å². The first-order valence-corrected chi connectivity index (χ1v) is 9.11. The monoisotopic (exact) mass is 369 g/mol. The number of carbonyl (C=O) groups excluding carboxylic acids is 2. The summed E-state index contributed by atoms with van der Waals surface area (Å²) in [5.41, 5.74) is 2.06. The van der Waals surface area contributed by atoms with Crippen molar-refractivity contribution in [2.45, 2.75) is 33.3 Å². The first-order valence-electron chi connectivity index (χ1n) is 8.29. The normalized spacial score (nSPS) is 15.8. The Morgan fingerprint density at radius 3 is 2.85 bits per heavy atom. The highest BCUT2D eigenvalue weighted by Gasteiger charge is 2.31. The van der Waals surface area contributed by atoms with Crippen molar-refractivity contribution in [2.24, 2.45) is 0 Å². The molecule has 134 valence electrons. The number of carbonyl (C=O) groups is 2. The van der Waals surface area contributed by atoms with Gasteiger partial charge in [-0.25, -0.2) is 0 Å². The number of amides is 2. The standard InChI is InChI=1S/C19H19N3O3S/c1-11-13(3)26-18(14(11)10-20)21-17(23)8-9-22-15-6-4-5-7-16(15)25-12(2)19(22)24/h4-7,12H,8-9H2,1-3H3,(H,21,23)/t12-/m0/s1. The van der Waals surface area contributed by atoms with Crippen molar-refractivity contribution >= 4 is 33.8 Å². The summed E-state index contributed by atoms with van der Waals surface area (Å²) in [4.78, 5) is 27.4. The number of anilines is 2. The van der Waals surface area contributed by atoms with Crippen LogP contribution < -0.4 is 15.0 Å². The molecule has 1 aromatic heterocycles. The number of nitrogens with zero attached hydrogens (tertiary/aromatic N) is 2.